The van der Waals surface area contributed by atoms with Crippen molar-refractivity contribution < 1.29 is 14.6 Å². The van der Waals surface area contributed by atoms with Crippen molar-refractivity contribution >= 4 is 6.09 Å². The first-order valence-corrected chi connectivity index (χ1v) is 6.91. The lowest BCUT2D eigenvalue weighted by molar-refractivity contribution is -0.00634. The normalized spacial score (nSPS) is 20.2. The van der Waals surface area contributed by atoms with Gasteiger partial charge in [-0.1, -0.05) is 6.07 Å². The Kier molecular flexibility index (Phi) is 3.99. The Morgan fingerprint density at radius 3 is 2.85 bits per heavy atom. The molecule has 2 heterocycles. The van der Waals surface area contributed by atoms with Crippen molar-refractivity contribution in [2.75, 3.05) is 6.54 Å². The Bertz CT molecular complexity index is 494. The maximum atomic E-state index is 12.3. The molecule has 110 valence electrons. The van der Waals surface area contributed by atoms with Crippen molar-refractivity contribution in [1.82, 2.24) is 9.88 Å². The summed E-state index contributed by atoms with van der Waals surface area (Å²) in [5, 5.41) is 10.1. The zero-order valence-electron chi connectivity index (χ0n) is 12.5. The van der Waals surface area contributed by atoms with Gasteiger partial charge in [0, 0.05) is 24.9 Å². The van der Waals surface area contributed by atoms with E-state index in [1.165, 1.54) is 0 Å². The van der Waals surface area contributed by atoms with Crippen molar-refractivity contribution in [3.63, 3.8) is 0 Å². The topological polar surface area (TPSA) is 62.7 Å². The van der Waals surface area contributed by atoms with Crippen LogP contribution in [0.25, 0.3) is 0 Å². The smallest absolute Gasteiger partial charge is 0.410 e. The molecule has 2 unspecified atom stereocenters. The highest BCUT2D eigenvalue weighted by Gasteiger charge is 2.36. The third kappa shape index (κ3) is 3.10. The van der Waals surface area contributed by atoms with Gasteiger partial charge >= 0.3 is 6.09 Å². The first kappa shape index (κ1) is 14.8. The molecule has 2 atom stereocenters. The molecule has 1 aromatic rings. The van der Waals surface area contributed by atoms with Crippen molar-refractivity contribution in [3.8, 4) is 0 Å². The number of carbonyl (C=O) groups excluding carboxylic acids is 1. The average molecular weight is 278 g/mol. The molecule has 0 aliphatic carbocycles. The molecule has 0 aromatic carbocycles. The van der Waals surface area contributed by atoms with Crippen LogP contribution in [0.4, 0.5) is 4.79 Å². The Morgan fingerprint density at radius 2 is 2.25 bits per heavy atom. The number of aliphatic hydroxyl groups excluding tert-OH is 1. The van der Waals surface area contributed by atoms with Gasteiger partial charge < -0.3 is 9.84 Å². The molecule has 0 bridgehead atoms. The Hall–Kier alpha value is -1.62. The van der Waals surface area contributed by atoms with E-state index in [0.717, 1.165) is 11.3 Å². The minimum atomic E-state index is -0.675. The maximum absolute atomic E-state index is 12.3. The highest BCUT2D eigenvalue weighted by Crippen LogP contribution is 2.32. The van der Waals surface area contributed by atoms with Crippen LogP contribution in [-0.2, 0) is 11.2 Å². The number of hydrogen-bond donors (Lipinski definition) is 1. The Morgan fingerprint density at radius 1 is 1.55 bits per heavy atom. The summed E-state index contributed by atoms with van der Waals surface area (Å²) in [6, 6.07) is 3.34. The van der Waals surface area contributed by atoms with Crippen LogP contribution in [0.2, 0.25) is 0 Å². The summed E-state index contributed by atoms with van der Waals surface area (Å²) in [6.07, 6.45) is 1.35. The van der Waals surface area contributed by atoms with Crippen LogP contribution in [0.3, 0.4) is 0 Å². The molecule has 0 radical (unpaired) electrons. The summed E-state index contributed by atoms with van der Waals surface area (Å²) in [7, 11) is 0. The van der Waals surface area contributed by atoms with Crippen molar-refractivity contribution in [3.05, 3.63) is 29.6 Å². The van der Waals surface area contributed by atoms with E-state index < -0.39 is 23.8 Å². The van der Waals surface area contributed by atoms with Gasteiger partial charge in [-0.15, -0.1) is 0 Å². The molecule has 5 nitrogen and oxygen atoms in total. The second-order valence-electron chi connectivity index (χ2n) is 6.15. The highest BCUT2D eigenvalue weighted by molar-refractivity contribution is 5.69. The average Bonchev–Trinajstić information content (AvgIpc) is 2.35. The van der Waals surface area contributed by atoms with Crippen LogP contribution < -0.4 is 0 Å². The summed E-state index contributed by atoms with van der Waals surface area (Å²) < 4.78 is 5.43. The van der Waals surface area contributed by atoms with Crippen LogP contribution >= 0.6 is 0 Å². The van der Waals surface area contributed by atoms with E-state index in [4.69, 9.17) is 4.74 Å². The van der Waals surface area contributed by atoms with Crippen LogP contribution in [0.1, 0.15) is 45.0 Å². The number of fused-ring (bicyclic) bond motifs is 1. The molecule has 1 N–H and O–H groups in total. The SMILES string of the molecule is CC(O)C1c2cccnc2CCN1C(=O)OC(C)(C)C. The number of ether oxygens (including phenoxy) is 1. The summed E-state index contributed by atoms with van der Waals surface area (Å²) >= 11 is 0. The molecule has 20 heavy (non-hydrogen) atoms. The van der Waals surface area contributed by atoms with E-state index in [2.05, 4.69) is 4.98 Å². The predicted octanol–water partition coefficient (Wildman–Crippen LogP) is 2.30. The molecule has 0 spiro atoms. The van der Waals surface area contributed by atoms with Gasteiger partial charge in [-0.3, -0.25) is 9.88 Å². The number of aromatic nitrogens is 1. The predicted molar refractivity (Wildman–Crippen MR) is 75.3 cm³/mol. The summed E-state index contributed by atoms with van der Waals surface area (Å²) in [6.45, 7) is 7.70. The van der Waals surface area contributed by atoms with Gasteiger partial charge in [0.25, 0.3) is 0 Å². The zero-order valence-corrected chi connectivity index (χ0v) is 12.5. The van der Waals surface area contributed by atoms with Gasteiger partial charge in [0.15, 0.2) is 0 Å². The minimum Gasteiger partial charge on any atom is -0.444 e. The fraction of sp³-hybridized carbons (Fsp3) is 0.600. The molecule has 5 heteroatoms. The summed E-state index contributed by atoms with van der Waals surface area (Å²) in [5.41, 5.74) is 1.30. The van der Waals surface area contributed by atoms with Crippen LogP contribution in [-0.4, -0.2) is 39.3 Å². The molecule has 0 saturated heterocycles. The molecule has 2 rings (SSSR count). The molecular weight excluding hydrogens is 256 g/mol. The first-order valence-electron chi connectivity index (χ1n) is 6.91. The van der Waals surface area contributed by atoms with Gasteiger partial charge in [-0.25, -0.2) is 4.79 Å². The van der Waals surface area contributed by atoms with E-state index in [9.17, 15) is 9.90 Å². The number of hydrogen-bond acceptors (Lipinski definition) is 4. The second kappa shape index (κ2) is 5.40. The fourth-order valence-electron chi connectivity index (χ4n) is 2.51. The number of carbonyl (C=O) groups is 1. The molecule has 0 fully saturated rings. The third-order valence-corrected chi connectivity index (χ3v) is 3.25. The second-order valence-corrected chi connectivity index (χ2v) is 6.15. The van der Waals surface area contributed by atoms with E-state index in [-0.39, 0.29) is 0 Å². The van der Waals surface area contributed by atoms with Gasteiger partial charge in [0.2, 0.25) is 0 Å². The lowest BCUT2D eigenvalue weighted by Crippen LogP contribution is -2.46. The summed E-state index contributed by atoms with van der Waals surface area (Å²) in [4.78, 5) is 18.2. The monoisotopic (exact) mass is 278 g/mol. The zero-order chi connectivity index (χ0) is 14.9. The van der Waals surface area contributed by atoms with Crippen LogP contribution in [0.5, 0.6) is 0 Å². The number of aliphatic hydroxyl groups is 1. The quantitative estimate of drug-likeness (QED) is 0.856. The van der Waals surface area contributed by atoms with E-state index >= 15 is 0 Å². The molecule has 1 amide bonds. The van der Waals surface area contributed by atoms with Gasteiger partial charge in [-0.2, -0.15) is 0 Å². The molecule has 0 saturated carbocycles. The Balaban J connectivity index is 2.29. The molecule has 1 aliphatic rings. The minimum absolute atomic E-state index is 0.391. The van der Waals surface area contributed by atoms with E-state index in [1.54, 1.807) is 18.0 Å². The molecular formula is C15H22N2O3. The maximum Gasteiger partial charge on any atom is 0.410 e. The van der Waals surface area contributed by atoms with Gasteiger partial charge in [0.1, 0.15) is 5.60 Å². The summed E-state index contributed by atoms with van der Waals surface area (Å²) in [5.74, 6) is 0. The van der Waals surface area contributed by atoms with Gasteiger partial charge in [-0.05, 0) is 39.3 Å². The third-order valence-electron chi connectivity index (χ3n) is 3.25. The number of nitrogens with zero attached hydrogens (tertiary/aromatic N) is 2. The van der Waals surface area contributed by atoms with Crippen molar-refractivity contribution in [2.24, 2.45) is 0 Å². The lowest BCUT2D eigenvalue weighted by Gasteiger charge is -2.38. The number of pyridine rings is 1. The number of rotatable bonds is 1. The standard InChI is InChI=1S/C15H22N2O3/c1-10(18)13-11-6-5-8-16-12(11)7-9-17(13)14(19)20-15(2,3)4/h5-6,8,10,13,18H,7,9H2,1-4H3. The van der Waals surface area contributed by atoms with Crippen molar-refractivity contribution in [1.29, 1.82) is 0 Å². The molecule has 1 aromatic heterocycles. The first-order chi connectivity index (χ1) is 9.29. The fourth-order valence-corrected chi connectivity index (χ4v) is 2.51. The van der Waals surface area contributed by atoms with Crippen LogP contribution in [0.15, 0.2) is 18.3 Å². The largest absolute Gasteiger partial charge is 0.444 e. The van der Waals surface area contributed by atoms with E-state index in [1.807, 2.05) is 32.9 Å². The van der Waals surface area contributed by atoms with E-state index in [0.29, 0.717) is 13.0 Å². The number of amides is 1. The Labute approximate surface area is 119 Å². The van der Waals surface area contributed by atoms with Crippen molar-refractivity contribution in [2.45, 2.75) is 51.9 Å². The van der Waals surface area contributed by atoms with Gasteiger partial charge in [0.05, 0.1) is 12.1 Å². The lowest BCUT2D eigenvalue weighted by atomic mass is 9.94. The molecule has 1 aliphatic heterocycles. The van der Waals surface area contributed by atoms with Crippen LogP contribution in [0, 0.1) is 0 Å². The highest BCUT2D eigenvalue weighted by atomic mass is 16.6.